The number of alkyl carbamates (subject to hydrolysis) is 1. The smallest absolute Gasteiger partial charge is 0.407 e. The third-order valence-corrected chi connectivity index (χ3v) is 4.49. The van der Waals surface area contributed by atoms with E-state index >= 15 is 0 Å². The monoisotopic (exact) mass is 456 g/mol. The lowest BCUT2D eigenvalue weighted by Crippen LogP contribution is -2.33. The van der Waals surface area contributed by atoms with Crippen LogP contribution in [-0.4, -0.2) is 64.1 Å². The molecule has 1 amide bonds. The molecule has 0 unspecified atom stereocenters. The number of hydrogen-bond donors (Lipinski definition) is 2. The van der Waals surface area contributed by atoms with Crippen LogP contribution in [0.3, 0.4) is 0 Å². The maximum Gasteiger partial charge on any atom is 0.407 e. The summed E-state index contributed by atoms with van der Waals surface area (Å²) in [6.45, 7) is 7.12. The van der Waals surface area contributed by atoms with E-state index in [0.717, 1.165) is 23.6 Å². The van der Waals surface area contributed by atoms with Crippen molar-refractivity contribution in [2.24, 2.45) is 0 Å². The van der Waals surface area contributed by atoms with Crippen LogP contribution in [0, 0.1) is 0 Å². The number of aromatic nitrogens is 3. The van der Waals surface area contributed by atoms with Gasteiger partial charge in [0, 0.05) is 41.7 Å². The molecule has 0 radical (unpaired) electrons. The van der Waals surface area contributed by atoms with Gasteiger partial charge in [0.25, 0.3) is 0 Å². The van der Waals surface area contributed by atoms with Gasteiger partial charge in [0.1, 0.15) is 12.2 Å². The molecule has 0 aliphatic carbocycles. The molecule has 0 saturated carbocycles. The standard InChI is InChI=1S/C23H28N4O6/c1-23(2,3)33-22(30)25-9-4-5-11-31-12-13-32-20-16-8-10-24-14-17(16)15-6-7-18(21(28)29)26-19(15)27-20/h6-8,10,14H,4-5,9,11-13H2,1-3H3,(H,25,30)(H,28,29). The number of unbranched alkanes of at least 4 members (excludes halogenated alkanes) is 1. The van der Waals surface area contributed by atoms with Gasteiger partial charge in [0.2, 0.25) is 5.88 Å². The first-order valence-corrected chi connectivity index (χ1v) is 10.7. The molecule has 2 N–H and O–H groups in total. The first kappa shape index (κ1) is 24.1. The third-order valence-electron chi connectivity index (χ3n) is 4.49. The summed E-state index contributed by atoms with van der Waals surface area (Å²) in [6, 6.07) is 4.91. The van der Waals surface area contributed by atoms with Crippen LogP contribution in [0.1, 0.15) is 44.1 Å². The van der Waals surface area contributed by atoms with Gasteiger partial charge in [-0.3, -0.25) is 4.98 Å². The number of pyridine rings is 3. The number of fused-ring (bicyclic) bond motifs is 3. The van der Waals surface area contributed by atoms with Crippen molar-refractivity contribution in [2.45, 2.75) is 39.2 Å². The van der Waals surface area contributed by atoms with E-state index in [1.807, 2.05) is 20.8 Å². The number of carbonyl (C=O) groups excluding carboxylic acids is 1. The Kier molecular flexibility index (Phi) is 7.94. The van der Waals surface area contributed by atoms with E-state index in [1.165, 1.54) is 6.07 Å². The quantitative estimate of drug-likeness (QED) is 0.347. The van der Waals surface area contributed by atoms with Gasteiger partial charge in [-0.25, -0.2) is 14.6 Å². The Bertz CT molecular complexity index is 1130. The molecular weight excluding hydrogens is 428 g/mol. The molecule has 0 bridgehead atoms. The predicted octanol–water partition coefficient (Wildman–Crippen LogP) is 3.58. The molecule has 3 rings (SSSR count). The second-order valence-corrected chi connectivity index (χ2v) is 8.31. The van der Waals surface area contributed by atoms with E-state index in [-0.39, 0.29) is 17.9 Å². The number of carbonyl (C=O) groups is 2. The van der Waals surface area contributed by atoms with E-state index in [2.05, 4.69) is 20.3 Å². The largest absolute Gasteiger partial charge is 0.477 e. The number of nitrogens with zero attached hydrogens (tertiary/aromatic N) is 3. The minimum absolute atomic E-state index is 0.0892. The molecule has 3 heterocycles. The van der Waals surface area contributed by atoms with Gasteiger partial charge in [-0.1, -0.05) is 0 Å². The Morgan fingerprint density at radius 2 is 1.82 bits per heavy atom. The van der Waals surface area contributed by atoms with E-state index in [9.17, 15) is 14.7 Å². The maximum atomic E-state index is 11.6. The molecule has 0 aliphatic rings. The van der Waals surface area contributed by atoms with Crippen molar-refractivity contribution in [3.8, 4) is 5.88 Å². The molecule has 176 valence electrons. The molecule has 0 atom stereocenters. The lowest BCUT2D eigenvalue weighted by atomic mass is 10.1. The van der Waals surface area contributed by atoms with Crippen LogP contribution in [-0.2, 0) is 9.47 Å². The highest BCUT2D eigenvalue weighted by atomic mass is 16.6. The van der Waals surface area contributed by atoms with E-state index in [0.29, 0.717) is 31.0 Å². The van der Waals surface area contributed by atoms with Gasteiger partial charge in [-0.2, -0.15) is 4.98 Å². The van der Waals surface area contributed by atoms with Gasteiger partial charge in [-0.05, 0) is 51.8 Å². The second-order valence-electron chi connectivity index (χ2n) is 8.31. The Morgan fingerprint density at radius 3 is 2.58 bits per heavy atom. The molecule has 3 aromatic heterocycles. The van der Waals surface area contributed by atoms with Gasteiger partial charge in [-0.15, -0.1) is 0 Å². The minimum Gasteiger partial charge on any atom is -0.477 e. The summed E-state index contributed by atoms with van der Waals surface area (Å²) in [6.07, 6.45) is 4.44. The van der Waals surface area contributed by atoms with Crippen molar-refractivity contribution in [2.75, 3.05) is 26.4 Å². The summed E-state index contributed by atoms with van der Waals surface area (Å²) in [5.74, 6) is -0.776. The number of amides is 1. The van der Waals surface area contributed by atoms with Gasteiger partial charge in [0.05, 0.1) is 6.61 Å². The van der Waals surface area contributed by atoms with Crippen LogP contribution in [0.4, 0.5) is 4.79 Å². The van der Waals surface area contributed by atoms with Crippen LogP contribution in [0.2, 0.25) is 0 Å². The summed E-state index contributed by atoms with van der Waals surface area (Å²) in [5.41, 5.74) is -0.318. The number of carboxylic acid groups (broad SMARTS) is 1. The molecule has 10 heteroatoms. The molecule has 3 aromatic rings. The first-order chi connectivity index (χ1) is 15.7. The van der Waals surface area contributed by atoms with Crippen LogP contribution < -0.4 is 10.1 Å². The maximum absolute atomic E-state index is 11.6. The number of aromatic carboxylic acids is 1. The molecule has 0 saturated heterocycles. The summed E-state index contributed by atoms with van der Waals surface area (Å²) in [7, 11) is 0. The lowest BCUT2D eigenvalue weighted by molar-refractivity contribution is 0.0522. The zero-order chi connectivity index (χ0) is 23.8. The molecular formula is C23H28N4O6. The van der Waals surface area contributed by atoms with E-state index in [1.54, 1.807) is 24.5 Å². The summed E-state index contributed by atoms with van der Waals surface area (Å²) in [4.78, 5) is 35.5. The molecule has 0 fully saturated rings. The fraction of sp³-hybridized carbons (Fsp3) is 0.435. The van der Waals surface area contributed by atoms with Crippen LogP contribution in [0.15, 0.2) is 30.6 Å². The van der Waals surface area contributed by atoms with Crippen molar-refractivity contribution in [3.63, 3.8) is 0 Å². The third kappa shape index (κ3) is 6.98. The molecule has 10 nitrogen and oxygen atoms in total. The molecule has 0 aliphatic heterocycles. The van der Waals surface area contributed by atoms with E-state index in [4.69, 9.17) is 14.2 Å². The van der Waals surface area contributed by atoms with E-state index < -0.39 is 17.7 Å². The zero-order valence-electron chi connectivity index (χ0n) is 19.0. The molecule has 0 aromatic carbocycles. The highest BCUT2D eigenvalue weighted by Crippen LogP contribution is 2.29. The number of rotatable bonds is 10. The fourth-order valence-electron chi connectivity index (χ4n) is 3.06. The highest BCUT2D eigenvalue weighted by molar-refractivity contribution is 6.06. The molecule has 33 heavy (non-hydrogen) atoms. The van der Waals surface area contributed by atoms with Crippen molar-refractivity contribution in [1.82, 2.24) is 20.3 Å². The van der Waals surface area contributed by atoms with Gasteiger partial charge >= 0.3 is 12.1 Å². The van der Waals surface area contributed by atoms with Gasteiger partial charge in [0.15, 0.2) is 11.3 Å². The van der Waals surface area contributed by atoms with Crippen molar-refractivity contribution < 1.29 is 28.9 Å². The summed E-state index contributed by atoms with van der Waals surface area (Å²) >= 11 is 0. The lowest BCUT2D eigenvalue weighted by Gasteiger charge is -2.19. The summed E-state index contributed by atoms with van der Waals surface area (Å²) < 4.78 is 16.6. The average Bonchev–Trinajstić information content (AvgIpc) is 2.76. The second kappa shape index (κ2) is 10.9. The number of carboxylic acids is 1. The SMILES string of the molecule is CC(C)(C)OC(=O)NCCCCOCCOc1nc2nc(C(=O)O)ccc2c2cnccc12. The van der Waals surface area contributed by atoms with Crippen LogP contribution >= 0.6 is 0 Å². The zero-order valence-corrected chi connectivity index (χ0v) is 19.0. The Balaban J connectivity index is 1.47. The first-order valence-electron chi connectivity index (χ1n) is 10.7. The highest BCUT2D eigenvalue weighted by Gasteiger charge is 2.15. The van der Waals surface area contributed by atoms with Crippen LogP contribution in [0.25, 0.3) is 21.8 Å². The topological polar surface area (TPSA) is 133 Å². The number of nitrogens with one attached hydrogen (secondary N) is 1. The van der Waals surface area contributed by atoms with Crippen molar-refractivity contribution in [3.05, 3.63) is 36.3 Å². The summed E-state index contributed by atoms with van der Waals surface area (Å²) in [5, 5.41) is 14.1. The normalized spacial score (nSPS) is 11.5. The average molecular weight is 456 g/mol. The minimum atomic E-state index is -1.12. The number of ether oxygens (including phenoxy) is 3. The Morgan fingerprint density at radius 1 is 1.00 bits per heavy atom. The Labute approximate surface area is 191 Å². The van der Waals surface area contributed by atoms with Crippen LogP contribution in [0.5, 0.6) is 5.88 Å². The van der Waals surface area contributed by atoms with Crippen molar-refractivity contribution in [1.29, 1.82) is 0 Å². The van der Waals surface area contributed by atoms with Crippen molar-refractivity contribution >= 4 is 33.9 Å². The number of hydrogen-bond acceptors (Lipinski definition) is 8. The fourth-order valence-corrected chi connectivity index (χ4v) is 3.06. The Hall–Kier alpha value is -3.53. The van der Waals surface area contributed by atoms with Gasteiger partial charge < -0.3 is 24.6 Å². The predicted molar refractivity (Wildman–Crippen MR) is 122 cm³/mol. The molecule has 0 spiro atoms.